The van der Waals surface area contributed by atoms with Crippen molar-refractivity contribution in [2.45, 2.75) is 6.92 Å². The average molecular weight is 169 g/mol. The van der Waals surface area contributed by atoms with Gasteiger partial charge in [0.25, 0.3) is 5.56 Å². The van der Waals surface area contributed by atoms with E-state index in [0.29, 0.717) is 4.57 Å². The largest absolute Gasteiger partial charge is 0.385 e. The smallest absolute Gasteiger partial charge is 0.336 e. The summed E-state index contributed by atoms with van der Waals surface area (Å²) >= 11 is 0. The normalized spacial score (nSPS) is 9.75. The van der Waals surface area contributed by atoms with Gasteiger partial charge in [-0.15, -0.1) is 0 Å². The van der Waals surface area contributed by atoms with Crippen LogP contribution < -0.4 is 17.0 Å². The van der Waals surface area contributed by atoms with Crippen molar-refractivity contribution in [1.82, 2.24) is 9.55 Å². The first-order valence-electron chi connectivity index (χ1n) is 3.15. The summed E-state index contributed by atoms with van der Waals surface area (Å²) in [6, 6.07) is 0.975. The van der Waals surface area contributed by atoms with E-state index in [2.05, 4.69) is 4.98 Å². The number of hydrogen-bond donors (Lipinski definition) is 2. The maximum atomic E-state index is 10.9. The van der Waals surface area contributed by atoms with Gasteiger partial charge in [0.2, 0.25) is 5.91 Å². The van der Waals surface area contributed by atoms with Crippen molar-refractivity contribution < 1.29 is 4.79 Å². The number of nitrogens with two attached hydrogens (primary N) is 1. The number of rotatable bonds is 0. The number of anilines is 1. The molecule has 1 aromatic heterocycles. The standard InChI is InChI=1S/C6H7N3O3/c1-3(10)9-5(11)2-4(7)8-6(9)12/h2H,7H2,1H3,(H,8,12). The van der Waals surface area contributed by atoms with E-state index in [0.717, 1.165) is 13.0 Å². The third-order valence-corrected chi connectivity index (χ3v) is 1.27. The molecule has 0 bridgehead atoms. The maximum Gasteiger partial charge on any atom is 0.336 e. The van der Waals surface area contributed by atoms with Crippen LogP contribution in [0.4, 0.5) is 5.82 Å². The van der Waals surface area contributed by atoms with Crippen LogP contribution in [0.3, 0.4) is 0 Å². The number of aromatic nitrogens is 2. The van der Waals surface area contributed by atoms with Crippen molar-refractivity contribution in [3.63, 3.8) is 0 Å². The maximum absolute atomic E-state index is 10.9. The summed E-state index contributed by atoms with van der Waals surface area (Å²) in [4.78, 5) is 34.7. The van der Waals surface area contributed by atoms with E-state index in [1.165, 1.54) is 0 Å². The lowest BCUT2D eigenvalue weighted by molar-refractivity contribution is 0.0927. The predicted molar refractivity (Wildman–Crippen MR) is 42.0 cm³/mol. The third kappa shape index (κ3) is 1.26. The van der Waals surface area contributed by atoms with Gasteiger partial charge in [-0.3, -0.25) is 14.6 Å². The minimum Gasteiger partial charge on any atom is -0.385 e. The molecule has 1 rings (SSSR count). The summed E-state index contributed by atoms with van der Waals surface area (Å²) in [6.07, 6.45) is 0. The summed E-state index contributed by atoms with van der Waals surface area (Å²) in [5, 5.41) is 0. The van der Waals surface area contributed by atoms with Crippen LogP contribution in [0.5, 0.6) is 0 Å². The molecule has 1 heterocycles. The molecule has 0 aliphatic rings. The molecular formula is C6H7N3O3. The molecule has 0 atom stereocenters. The lowest BCUT2D eigenvalue weighted by atomic mass is 10.5. The van der Waals surface area contributed by atoms with E-state index in [1.807, 2.05) is 0 Å². The molecular weight excluding hydrogens is 162 g/mol. The van der Waals surface area contributed by atoms with Crippen LogP contribution in [0.25, 0.3) is 0 Å². The Morgan fingerprint density at radius 1 is 1.58 bits per heavy atom. The van der Waals surface area contributed by atoms with E-state index in [9.17, 15) is 14.4 Å². The van der Waals surface area contributed by atoms with E-state index in [4.69, 9.17) is 5.73 Å². The zero-order valence-electron chi connectivity index (χ0n) is 6.33. The average Bonchev–Trinajstić information content (AvgIpc) is 1.82. The van der Waals surface area contributed by atoms with Crippen molar-refractivity contribution in [2.75, 3.05) is 5.73 Å². The molecule has 6 heteroatoms. The number of nitrogen functional groups attached to an aromatic ring is 1. The molecule has 0 aliphatic heterocycles. The summed E-state index contributed by atoms with van der Waals surface area (Å²) in [7, 11) is 0. The zero-order chi connectivity index (χ0) is 9.30. The summed E-state index contributed by atoms with van der Waals surface area (Å²) in [5.41, 5.74) is 3.62. The number of hydrogen-bond acceptors (Lipinski definition) is 4. The SMILES string of the molecule is CC(=O)n1c(=O)cc(N)[nH]c1=O. The molecule has 0 radical (unpaired) electrons. The van der Waals surface area contributed by atoms with Crippen LogP contribution in [-0.4, -0.2) is 15.5 Å². The molecule has 1 aromatic rings. The predicted octanol–water partition coefficient (Wildman–Crippen LogP) is -1.22. The van der Waals surface area contributed by atoms with Gasteiger partial charge >= 0.3 is 5.69 Å². The minimum atomic E-state index is -0.812. The monoisotopic (exact) mass is 169 g/mol. The molecule has 0 saturated heterocycles. The highest BCUT2D eigenvalue weighted by atomic mass is 16.2. The van der Waals surface area contributed by atoms with Gasteiger partial charge in [0.05, 0.1) is 0 Å². The summed E-state index contributed by atoms with van der Waals surface area (Å²) in [6.45, 7) is 1.12. The first-order chi connectivity index (χ1) is 5.52. The van der Waals surface area contributed by atoms with Crippen LogP contribution in [0, 0.1) is 0 Å². The molecule has 0 spiro atoms. The van der Waals surface area contributed by atoms with Gasteiger partial charge < -0.3 is 5.73 Å². The molecule has 0 saturated carbocycles. The Morgan fingerprint density at radius 2 is 2.17 bits per heavy atom. The molecule has 0 unspecified atom stereocenters. The Labute approximate surface area is 66.6 Å². The Balaban J connectivity index is 3.61. The Bertz CT molecular complexity index is 397. The second-order valence-corrected chi connectivity index (χ2v) is 2.22. The molecule has 0 aromatic carbocycles. The lowest BCUT2D eigenvalue weighted by Crippen LogP contribution is -2.38. The van der Waals surface area contributed by atoms with E-state index in [-0.39, 0.29) is 5.82 Å². The summed E-state index contributed by atoms with van der Waals surface area (Å²) in [5.74, 6) is -0.691. The molecule has 12 heavy (non-hydrogen) atoms. The van der Waals surface area contributed by atoms with Crippen LogP contribution in [0.15, 0.2) is 15.7 Å². The molecule has 6 nitrogen and oxygen atoms in total. The zero-order valence-corrected chi connectivity index (χ0v) is 6.33. The number of nitrogens with zero attached hydrogens (tertiary/aromatic N) is 1. The van der Waals surface area contributed by atoms with Crippen molar-refractivity contribution in [1.29, 1.82) is 0 Å². The quantitative estimate of drug-likeness (QED) is 0.508. The van der Waals surface area contributed by atoms with Gasteiger partial charge in [-0.05, 0) is 0 Å². The molecule has 0 amide bonds. The number of carbonyl (C=O) groups excluding carboxylic acids is 1. The van der Waals surface area contributed by atoms with Gasteiger partial charge in [0.1, 0.15) is 5.82 Å². The Kier molecular flexibility index (Phi) is 1.82. The number of nitrogens with one attached hydrogen (secondary N) is 1. The van der Waals surface area contributed by atoms with Crippen molar-refractivity contribution in [2.24, 2.45) is 0 Å². The lowest BCUT2D eigenvalue weighted by Gasteiger charge is -1.97. The highest BCUT2D eigenvalue weighted by Gasteiger charge is 2.05. The van der Waals surface area contributed by atoms with Crippen molar-refractivity contribution in [3.05, 3.63) is 26.9 Å². The van der Waals surface area contributed by atoms with E-state index in [1.54, 1.807) is 0 Å². The topological polar surface area (TPSA) is 97.9 Å². The highest BCUT2D eigenvalue weighted by molar-refractivity contribution is 5.75. The number of aromatic amines is 1. The Hall–Kier alpha value is -1.85. The second-order valence-electron chi connectivity index (χ2n) is 2.22. The fourth-order valence-corrected chi connectivity index (χ4v) is 0.811. The third-order valence-electron chi connectivity index (χ3n) is 1.27. The number of H-pyrrole nitrogens is 1. The van der Waals surface area contributed by atoms with Gasteiger partial charge in [-0.2, -0.15) is 4.57 Å². The van der Waals surface area contributed by atoms with Gasteiger partial charge in [0.15, 0.2) is 0 Å². The fourth-order valence-electron chi connectivity index (χ4n) is 0.811. The van der Waals surface area contributed by atoms with Crippen molar-refractivity contribution in [3.8, 4) is 0 Å². The van der Waals surface area contributed by atoms with E-state index >= 15 is 0 Å². The second kappa shape index (κ2) is 2.65. The van der Waals surface area contributed by atoms with Crippen LogP contribution in [0.2, 0.25) is 0 Å². The molecule has 64 valence electrons. The molecule has 0 aliphatic carbocycles. The molecule has 3 N–H and O–H groups in total. The fraction of sp³-hybridized carbons (Fsp3) is 0.167. The van der Waals surface area contributed by atoms with Gasteiger partial charge in [0, 0.05) is 13.0 Å². The van der Waals surface area contributed by atoms with Crippen LogP contribution >= 0.6 is 0 Å². The first kappa shape index (κ1) is 8.25. The van der Waals surface area contributed by atoms with Crippen LogP contribution in [0.1, 0.15) is 11.7 Å². The van der Waals surface area contributed by atoms with Gasteiger partial charge in [-0.1, -0.05) is 0 Å². The summed E-state index contributed by atoms with van der Waals surface area (Å²) < 4.78 is 0.469. The minimum absolute atomic E-state index is 0.0532. The van der Waals surface area contributed by atoms with Crippen LogP contribution in [-0.2, 0) is 0 Å². The first-order valence-corrected chi connectivity index (χ1v) is 3.15. The van der Waals surface area contributed by atoms with E-state index < -0.39 is 17.2 Å². The number of carbonyl (C=O) groups is 1. The highest BCUT2D eigenvalue weighted by Crippen LogP contribution is 1.82. The van der Waals surface area contributed by atoms with Gasteiger partial charge in [-0.25, -0.2) is 4.79 Å². The Morgan fingerprint density at radius 3 is 2.58 bits per heavy atom. The molecule has 0 fully saturated rings. The van der Waals surface area contributed by atoms with Crippen molar-refractivity contribution >= 4 is 11.7 Å².